The number of piperidine rings is 1. The second kappa shape index (κ2) is 40.4. The Bertz CT molecular complexity index is 5320. The number of hydrogen-bond acceptors (Lipinski definition) is 18. The maximum absolute atomic E-state index is 12.6. The summed E-state index contributed by atoms with van der Waals surface area (Å²) in [7, 11) is 0. The minimum absolute atomic E-state index is 0.0421. The first-order valence-electron chi connectivity index (χ1n) is 42.0. The molecule has 117 heavy (non-hydrogen) atoms. The van der Waals surface area contributed by atoms with Crippen molar-refractivity contribution in [3.05, 3.63) is 206 Å². The quantitative estimate of drug-likeness (QED) is 0.0215. The molecule has 1 saturated carbocycles. The minimum Gasteiger partial charge on any atom is -0.492 e. The molecule has 1 aliphatic carbocycles. The van der Waals surface area contributed by atoms with Gasteiger partial charge in [0.25, 0.3) is 11.6 Å². The normalized spacial score (nSPS) is 14.4. The van der Waals surface area contributed by atoms with Crippen LogP contribution in [0.4, 0.5) is 52.2 Å². The highest BCUT2D eigenvalue weighted by Crippen LogP contribution is 2.33. The van der Waals surface area contributed by atoms with Crippen molar-refractivity contribution in [3.8, 4) is 5.75 Å². The van der Waals surface area contributed by atoms with Crippen LogP contribution >= 0.6 is 0 Å². The summed E-state index contributed by atoms with van der Waals surface area (Å²) in [5.74, 6) is 3.73. The van der Waals surface area contributed by atoms with E-state index in [1.807, 2.05) is 118 Å². The fraction of sp³-hybridized carbons (Fsp3) is 0.411. The van der Waals surface area contributed by atoms with Crippen LogP contribution < -0.4 is 31.4 Å². The van der Waals surface area contributed by atoms with E-state index in [0.29, 0.717) is 98.0 Å². The molecule has 11 heterocycles. The molecule has 0 radical (unpaired) electrons. The molecule has 2 amide bonds. The number of nitrogens with zero attached hydrogens (tertiary/aromatic N) is 17. The molecule has 2 saturated heterocycles. The first-order valence-corrected chi connectivity index (χ1v) is 42.0. The fourth-order valence-corrected chi connectivity index (χ4v) is 15.8. The maximum atomic E-state index is 12.6. The van der Waals surface area contributed by atoms with Crippen molar-refractivity contribution < 1.29 is 23.9 Å². The summed E-state index contributed by atoms with van der Waals surface area (Å²) in [6.45, 7) is 24.8. The lowest BCUT2D eigenvalue weighted by Crippen LogP contribution is -2.40. The molecule has 0 spiro atoms. The number of hydrogen-bond donors (Lipinski definition) is 5. The summed E-state index contributed by atoms with van der Waals surface area (Å²) in [5.41, 5.74) is 13.0. The highest BCUT2D eigenvalue weighted by Gasteiger charge is 2.26. The van der Waals surface area contributed by atoms with Gasteiger partial charge in [0, 0.05) is 193 Å². The third-order valence-electron chi connectivity index (χ3n) is 22.6. The number of morpholine rings is 1. The number of imidazole rings is 1. The molecule has 4 aromatic carbocycles. The van der Waals surface area contributed by atoms with Crippen molar-refractivity contribution in [1.29, 1.82) is 0 Å². The largest absolute Gasteiger partial charge is 0.492 e. The Labute approximate surface area is 685 Å². The summed E-state index contributed by atoms with van der Waals surface area (Å²) >= 11 is 0. The van der Waals surface area contributed by atoms with E-state index in [-0.39, 0.29) is 17.9 Å². The van der Waals surface area contributed by atoms with Gasteiger partial charge in [0.1, 0.15) is 34.9 Å². The first-order chi connectivity index (χ1) is 57.2. The van der Waals surface area contributed by atoms with Crippen LogP contribution in [0.2, 0.25) is 0 Å². The maximum Gasteiger partial charge on any atom is 0.292 e. The van der Waals surface area contributed by atoms with Crippen molar-refractivity contribution in [3.63, 3.8) is 0 Å². The second-order valence-corrected chi connectivity index (χ2v) is 30.2. The molecule has 27 heteroatoms. The molecule has 1 unspecified atom stereocenters. The number of hydrazine groups is 1. The van der Waals surface area contributed by atoms with Gasteiger partial charge in [-0.2, -0.15) is 19.9 Å². The van der Waals surface area contributed by atoms with Gasteiger partial charge in [0.05, 0.1) is 37.0 Å². The number of ether oxygens (including phenoxy) is 2. The number of carbonyl (C=O) groups is 2. The Kier molecular flexibility index (Phi) is 28.6. The van der Waals surface area contributed by atoms with Gasteiger partial charge in [-0.25, -0.2) is 24.9 Å². The van der Waals surface area contributed by atoms with Crippen molar-refractivity contribution in [2.75, 3.05) is 67.3 Å². The molecular weight excluding hydrogens is 1470 g/mol. The molecule has 1 atom stereocenters. The van der Waals surface area contributed by atoms with Crippen molar-refractivity contribution in [2.24, 2.45) is 0 Å². The smallest absolute Gasteiger partial charge is 0.292 e. The van der Waals surface area contributed by atoms with Crippen molar-refractivity contribution in [2.45, 2.75) is 195 Å². The number of rotatable bonds is 29. The predicted octanol–water partition coefficient (Wildman–Crippen LogP) is 19.5. The summed E-state index contributed by atoms with van der Waals surface area (Å²) in [6, 6.07) is 41.5. The molecule has 9 aromatic heterocycles. The van der Waals surface area contributed by atoms with Gasteiger partial charge < -0.3 is 63.4 Å². The van der Waals surface area contributed by atoms with Gasteiger partial charge in [0.2, 0.25) is 29.7 Å². The van der Waals surface area contributed by atoms with Gasteiger partial charge in [-0.15, -0.1) is 5.43 Å². The average Bonchev–Trinajstić information content (AvgIpc) is 1.68. The summed E-state index contributed by atoms with van der Waals surface area (Å²) in [4.78, 5) is 82.1. The first kappa shape index (κ1) is 82.8. The second-order valence-electron chi connectivity index (χ2n) is 30.2. The Hall–Kier alpha value is -12.1. The average molecular weight is 1580 g/mol. The van der Waals surface area contributed by atoms with E-state index in [1.165, 1.54) is 18.4 Å². The number of likely N-dealkylation sites (tertiary alicyclic amines) is 1. The lowest BCUT2D eigenvalue weighted by molar-refractivity contribution is -0.535. The van der Waals surface area contributed by atoms with Crippen LogP contribution in [0.5, 0.6) is 5.75 Å². The highest BCUT2D eigenvalue weighted by atomic mass is 16.5. The zero-order chi connectivity index (χ0) is 81.6. The van der Waals surface area contributed by atoms with E-state index < -0.39 is 0 Å². The third kappa shape index (κ3) is 21.1. The molecule has 16 rings (SSSR count). The molecule has 13 aromatic rings. The molecule has 2 aliphatic heterocycles. The molecule has 3 aliphatic rings. The van der Waals surface area contributed by atoms with Gasteiger partial charge in [0.15, 0.2) is 4.87 Å². The molecule has 27 nitrogen and oxygen atoms in total. The van der Waals surface area contributed by atoms with Crippen LogP contribution in [0.1, 0.15) is 198 Å². The number of benzene rings is 4. The van der Waals surface area contributed by atoms with E-state index in [9.17, 15) is 14.5 Å². The van der Waals surface area contributed by atoms with E-state index in [2.05, 4.69) is 199 Å². The topological polar surface area (TPSA) is 280 Å². The lowest BCUT2D eigenvalue weighted by atomic mass is 9.90. The minimum atomic E-state index is 0.0421. The SMILES string of the molecule is CCC(CC)n1ccc2cnc(Nc3ccc(C(=O)N4CCOCC4)cc3)nc21.CCC(CC)n1ccc2cnc(Nc3ccc(C4CCCN(C(C)=O)C4)cc3)nc21.CCC(CC)n1ccc2cnc(Nc3ccc([N+](=O)NC4CCCC4)cc3)nc21.CCC(CC)n1ccc2cnc(Nc3cccc(OCCn4ccnc4)c3)nc21. The molecule has 0 bridgehead atoms. The Balaban J connectivity index is 0.000000135. The van der Waals surface area contributed by atoms with Crippen molar-refractivity contribution >= 4 is 108 Å². The Morgan fingerprint density at radius 1 is 0.496 bits per heavy atom. The molecule has 3 fully saturated rings. The van der Waals surface area contributed by atoms with Crippen LogP contribution in [0, 0.1) is 4.91 Å². The van der Waals surface area contributed by atoms with E-state index in [0.717, 1.165) is 174 Å². The van der Waals surface area contributed by atoms with E-state index in [1.54, 1.807) is 19.4 Å². The number of fused-ring (bicyclic) bond motifs is 4. The number of carbonyl (C=O) groups excluding carboxylic acids is 2. The van der Waals surface area contributed by atoms with Crippen LogP contribution in [-0.4, -0.2) is 146 Å². The molecular formula is C90H113N22O5+. The zero-order valence-corrected chi connectivity index (χ0v) is 69.1. The summed E-state index contributed by atoms with van der Waals surface area (Å²) in [5, 5.41) is 17.3. The monoisotopic (exact) mass is 1580 g/mol. The fourth-order valence-electron chi connectivity index (χ4n) is 15.8. The van der Waals surface area contributed by atoms with Gasteiger partial charge in [-0.1, -0.05) is 86.4 Å². The van der Waals surface area contributed by atoms with Gasteiger partial charge in [-0.3, -0.25) is 9.59 Å². The van der Waals surface area contributed by atoms with Gasteiger partial charge >= 0.3 is 0 Å². The van der Waals surface area contributed by atoms with E-state index in [4.69, 9.17) is 29.4 Å². The predicted molar refractivity (Wildman–Crippen MR) is 465 cm³/mol. The number of amides is 2. The zero-order valence-electron chi connectivity index (χ0n) is 69.1. The van der Waals surface area contributed by atoms with Gasteiger partial charge in [-0.05, 0) is 168 Å². The van der Waals surface area contributed by atoms with Crippen LogP contribution in [0.3, 0.4) is 0 Å². The molecule has 5 N–H and O–H groups in total. The van der Waals surface area contributed by atoms with Crippen LogP contribution in [-0.2, 0) is 16.1 Å². The summed E-state index contributed by atoms with van der Waals surface area (Å²) < 4.78 is 22.1. The van der Waals surface area contributed by atoms with E-state index >= 15 is 0 Å². The Morgan fingerprint density at radius 2 is 0.932 bits per heavy atom. The number of nitrogens with one attached hydrogen (secondary N) is 5. The molecule has 612 valence electrons. The lowest BCUT2D eigenvalue weighted by Gasteiger charge is -2.32. The van der Waals surface area contributed by atoms with Crippen LogP contribution in [0.15, 0.2) is 190 Å². The third-order valence-corrected chi connectivity index (χ3v) is 22.6. The number of anilines is 8. The van der Waals surface area contributed by atoms with Crippen LogP contribution in [0.25, 0.3) is 44.1 Å². The Morgan fingerprint density at radius 3 is 1.36 bits per heavy atom. The van der Waals surface area contributed by atoms with Crippen molar-refractivity contribution in [1.82, 2.24) is 82.9 Å². The standard InChI is InChI=1S/C24H31N5O.C22H26N6O.C22H29N6O.C22H27N5O2/c1-4-22(5-2)29-14-12-19-15-25-24(27-23(19)29)26-21-10-8-18(9-11-21)20-7-6-13-28(16-20)17(3)30;1-3-19(4-2)28-10-8-17-15-24-22(26-21(17)28)25-18-6-5-7-20(14-18)29-13-12-27-11-9-23-16-27;1-3-19(4-2)27-14-13-16-15-23-22(25-21(16)27)24-17-9-11-20(12-10-17)28(29)26-18-7-5-6-8-18;1-3-19(4-2)27-10-9-17-15-23-22(25-20(17)27)24-18-7-5-16(6-8-18)21(28)26-11-13-29-14-12-26/h8-12,14-15,20,22H,4-7,13,16H2,1-3H3,(H,25,26,27);5-11,14-16,19H,3-4,12-13H2,1-2H3,(H,24,25,26);9-15,18-19H,3-8H2,1-2H3,(H,26,29)(H,23,24,25);5-10,15,19H,3-4,11-14H2,1-2H3,(H,23,24,25)/q;;+1;. The highest BCUT2D eigenvalue weighted by molar-refractivity contribution is 5.95. The number of nitroso groups, excluding NO2 is 1. The number of aromatic nitrogens is 14. The summed E-state index contributed by atoms with van der Waals surface area (Å²) in [6.07, 6.45) is 36.6.